The molecule has 28 heavy (non-hydrogen) atoms. The maximum Gasteiger partial charge on any atom is 0.227 e. The maximum absolute atomic E-state index is 13.0. The molecule has 1 N–H and O–H groups in total. The number of aromatic nitrogens is 4. The van der Waals surface area contributed by atoms with Crippen LogP contribution in [0, 0.1) is 23.7 Å². The minimum absolute atomic E-state index is 0.0659. The van der Waals surface area contributed by atoms with E-state index in [2.05, 4.69) is 25.3 Å². The van der Waals surface area contributed by atoms with Crippen LogP contribution in [0.15, 0.2) is 30.9 Å². The average Bonchev–Trinajstić information content (AvgIpc) is 3.13. The summed E-state index contributed by atoms with van der Waals surface area (Å²) < 4.78 is 1.72. The van der Waals surface area contributed by atoms with Crippen molar-refractivity contribution in [3.63, 3.8) is 0 Å². The van der Waals surface area contributed by atoms with Crippen molar-refractivity contribution in [3.8, 4) is 5.82 Å². The zero-order valence-corrected chi connectivity index (χ0v) is 16.0. The fourth-order valence-corrected chi connectivity index (χ4v) is 6.50. The maximum atomic E-state index is 13.0. The summed E-state index contributed by atoms with van der Waals surface area (Å²) in [6.45, 7) is 1.46. The summed E-state index contributed by atoms with van der Waals surface area (Å²) in [5, 5.41) is 7.74. The Kier molecular flexibility index (Phi) is 3.55. The van der Waals surface area contributed by atoms with Crippen LogP contribution in [-0.2, 0) is 4.79 Å². The number of carbonyl (C=O) groups excluding carboxylic acids is 1. The molecule has 7 rings (SSSR count). The van der Waals surface area contributed by atoms with Gasteiger partial charge in [0.15, 0.2) is 5.82 Å². The van der Waals surface area contributed by atoms with Crippen molar-refractivity contribution in [3.05, 3.63) is 30.9 Å². The van der Waals surface area contributed by atoms with Crippen LogP contribution in [0.2, 0.25) is 0 Å². The molecule has 0 atom stereocenters. The molecule has 1 saturated heterocycles. The summed E-state index contributed by atoms with van der Waals surface area (Å²) in [7, 11) is 0. The van der Waals surface area contributed by atoms with Crippen molar-refractivity contribution in [2.45, 2.75) is 44.1 Å². The van der Waals surface area contributed by atoms with Crippen LogP contribution in [-0.4, -0.2) is 44.3 Å². The number of carbonyl (C=O) groups is 1. The highest BCUT2D eigenvalue weighted by molar-refractivity contribution is 5.82. The Morgan fingerprint density at radius 1 is 1.04 bits per heavy atom. The highest BCUT2D eigenvalue weighted by Crippen LogP contribution is 2.55. The molecule has 0 radical (unpaired) electrons. The Morgan fingerprint density at radius 3 is 2.36 bits per heavy atom. The Labute approximate surface area is 164 Å². The summed E-state index contributed by atoms with van der Waals surface area (Å²) in [4.78, 5) is 23.8. The fourth-order valence-electron chi connectivity index (χ4n) is 6.50. The van der Waals surface area contributed by atoms with E-state index in [-0.39, 0.29) is 17.4 Å². The molecule has 4 aliphatic carbocycles. The van der Waals surface area contributed by atoms with Crippen LogP contribution in [0.25, 0.3) is 5.82 Å². The van der Waals surface area contributed by atoms with Gasteiger partial charge in [0.25, 0.3) is 0 Å². The Hall–Kier alpha value is -2.44. The van der Waals surface area contributed by atoms with E-state index < -0.39 is 0 Å². The second-order valence-electron chi connectivity index (χ2n) is 9.47. The van der Waals surface area contributed by atoms with Crippen molar-refractivity contribution in [1.82, 2.24) is 25.1 Å². The van der Waals surface area contributed by atoms with E-state index in [0.717, 1.165) is 42.5 Å². The molecule has 0 spiro atoms. The number of amides is 1. The molecule has 1 amide bonds. The minimum Gasteiger partial charge on any atom is -0.355 e. The van der Waals surface area contributed by atoms with Gasteiger partial charge in [-0.1, -0.05) is 0 Å². The molecule has 0 aromatic carbocycles. The average molecular weight is 378 g/mol. The molecule has 7 nitrogen and oxygen atoms in total. The zero-order valence-electron chi connectivity index (χ0n) is 16.0. The van der Waals surface area contributed by atoms with Gasteiger partial charge in [0.1, 0.15) is 12.1 Å². The first-order chi connectivity index (χ1) is 13.7. The smallest absolute Gasteiger partial charge is 0.227 e. The lowest BCUT2D eigenvalue weighted by Crippen LogP contribution is -2.63. The third-order valence-electron chi connectivity index (χ3n) is 7.38. The highest BCUT2D eigenvalue weighted by Gasteiger charge is 2.52. The van der Waals surface area contributed by atoms with Gasteiger partial charge in [0.2, 0.25) is 5.91 Å². The summed E-state index contributed by atoms with van der Waals surface area (Å²) in [6, 6.07) is 3.80. The molecule has 0 unspecified atom stereocenters. The Balaban J connectivity index is 1.10. The summed E-state index contributed by atoms with van der Waals surface area (Å²) in [5.74, 6) is 4.48. The third kappa shape index (κ3) is 2.71. The standard InChI is InChI=1S/C21H26N6O/c28-20(25-21-8-14-4-15(9-21)6-16(5-14)10-21)17-11-26(12-17)18-7-19(23-13-22-18)27-3-1-2-24-27/h1-3,7,13-17H,4-6,8-12H2,(H,25,28). The van der Waals surface area contributed by atoms with E-state index in [1.165, 1.54) is 38.5 Å². The number of nitrogens with one attached hydrogen (secondary N) is 1. The van der Waals surface area contributed by atoms with Crippen LogP contribution in [0.3, 0.4) is 0 Å². The molecule has 5 fully saturated rings. The molecule has 146 valence electrons. The Morgan fingerprint density at radius 2 is 1.71 bits per heavy atom. The monoisotopic (exact) mass is 378 g/mol. The van der Waals surface area contributed by atoms with Gasteiger partial charge >= 0.3 is 0 Å². The van der Waals surface area contributed by atoms with Crippen molar-refractivity contribution in [1.29, 1.82) is 0 Å². The van der Waals surface area contributed by atoms with Crippen molar-refractivity contribution in [2.75, 3.05) is 18.0 Å². The van der Waals surface area contributed by atoms with E-state index in [1.54, 1.807) is 17.2 Å². The SMILES string of the molecule is O=C(NC12CC3CC(CC(C3)C1)C2)C1CN(c2cc(-n3cccn3)ncn2)C1. The molecule has 4 saturated carbocycles. The van der Waals surface area contributed by atoms with Crippen LogP contribution in [0.4, 0.5) is 5.82 Å². The zero-order chi connectivity index (χ0) is 18.7. The number of anilines is 1. The quantitative estimate of drug-likeness (QED) is 0.883. The van der Waals surface area contributed by atoms with Crippen molar-refractivity contribution < 1.29 is 4.79 Å². The molecule has 7 heteroatoms. The van der Waals surface area contributed by atoms with Crippen LogP contribution >= 0.6 is 0 Å². The normalized spacial score (nSPS) is 33.7. The largest absolute Gasteiger partial charge is 0.355 e. The summed E-state index contributed by atoms with van der Waals surface area (Å²) in [5.41, 5.74) is 0.106. The van der Waals surface area contributed by atoms with Crippen LogP contribution in [0.5, 0.6) is 0 Å². The van der Waals surface area contributed by atoms with Gasteiger partial charge in [0, 0.05) is 37.1 Å². The molecule has 4 bridgehead atoms. The van der Waals surface area contributed by atoms with Gasteiger partial charge in [0.05, 0.1) is 5.92 Å². The molecule has 1 aliphatic heterocycles. The van der Waals surface area contributed by atoms with Crippen molar-refractivity contribution >= 4 is 11.7 Å². The summed E-state index contributed by atoms with van der Waals surface area (Å²) in [6.07, 6.45) is 13.0. The van der Waals surface area contributed by atoms with E-state index >= 15 is 0 Å². The van der Waals surface area contributed by atoms with Crippen LogP contribution in [0.1, 0.15) is 38.5 Å². The molecule has 2 aromatic heterocycles. The first-order valence-electron chi connectivity index (χ1n) is 10.5. The van der Waals surface area contributed by atoms with E-state index in [0.29, 0.717) is 0 Å². The van der Waals surface area contributed by atoms with Gasteiger partial charge in [-0.3, -0.25) is 4.79 Å². The van der Waals surface area contributed by atoms with Gasteiger partial charge in [-0.25, -0.2) is 14.6 Å². The van der Waals surface area contributed by atoms with Gasteiger partial charge < -0.3 is 10.2 Å². The van der Waals surface area contributed by atoms with Crippen LogP contribution < -0.4 is 10.2 Å². The number of rotatable bonds is 4. The number of hydrogen-bond acceptors (Lipinski definition) is 5. The van der Waals surface area contributed by atoms with Gasteiger partial charge in [-0.05, 0) is 62.3 Å². The topological polar surface area (TPSA) is 75.9 Å². The highest BCUT2D eigenvalue weighted by atomic mass is 16.2. The molecule has 3 heterocycles. The van der Waals surface area contributed by atoms with Crippen molar-refractivity contribution in [2.24, 2.45) is 23.7 Å². The van der Waals surface area contributed by atoms with E-state index in [9.17, 15) is 4.79 Å². The second kappa shape index (κ2) is 6.03. The van der Waals surface area contributed by atoms with Gasteiger partial charge in [-0.2, -0.15) is 5.10 Å². The second-order valence-corrected chi connectivity index (χ2v) is 9.47. The molecule has 5 aliphatic rings. The molecular weight excluding hydrogens is 352 g/mol. The van der Waals surface area contributed by atoms with Gasteiger partial charge in [-0.15, -0.1) is 0 Å². The third-order valence-corrected chi connectivity index (χ3v) is 7.38. The van der Waals surface area contributed by atoms with E-state index in [1.807, 2.05) is 18.3 Å². The lowest BCUT2D eigenvalue weighted by molar-refractivity contribution is -0.131. The summed E-state index contributed by atoms with van der Waals surface area (Å²) >= 11 is 0. The number of hydrogen-bond donors (Lipinski definition) is 1. The number of nitrogens with zero attached hydrogens (tertiary/aromatic N) is 5. The molecule has 2 aromatic rings. The minimum atomic E-state index is 0.0659. The first kappa shape index (κ1) is 16.5. The fraction of sp³-hybridized carbons (Fsp3) is 0.619. The van der Waals surface area contributed by atoms with E-state index in [4.69, 9.17) is 0 Å². The Bertz CT molecular complexity index is 853. The lowest BCUT2D eigenvalue weighted by Gasteiger charge is -2.57. The predicted molar refractivity (Wildman–Crippen MR) is 104 cm³/mol. The first-order valence-corrected chi connectivity index (χ1v) is 10.5. The lowest BCUT2D eigenvalue weighted by atomic mass is 9.53. The molecular formula is C21H26N6O. The predicted octanol–water partition coefficient (Wildman–Crippen LogP) is 2.18.